The highest BCUT2D eigenvalue weighted by Gasteiger charge is 2.17. The van der Waals surface area contributed by atoms with Gasteiger partial charge in [-0.3, -0.25) is 9.48 Å². The smallest absolute Gasteiger partial charge is 0.273 e. The number of amides is 1. The van der Waals surface area contributed by atoms with Crippen LogP contribution in [0.5, 0.6) is 0 Å². The molecule has 2 aromatic heterocycles. The van der Waals surface area contributed by atoms with Crippen LogP contribution in [0.1, 0.15) is 46.9 Å². The van der Waals surface area contributed by atoms with Crippen molar-refractivity contribution in [2.24, 2.45) is 0 Å². The molecule has 0 saturated heterocycles. The van der Waals surface area contributed by atoms with Crippen molar-refractivity contribution in [3.8, 4) is 10.6 Å². The standard InChI is InChI=1S/C25H26N4OS/c1-18(2)21-9-11-22(12-10-21)24-27-23(17-31-24)25(30)28(3)14-20-13-26-29(16-20)15-19-7-5-4-6-8-19/h4-13,16-18H,14-15H2,1-3H3. The molecular weight excluding hydrogens is 404 g/mol. The van der Waals surface area contributed by atoms with Crippen LogP contribution >= 0.6 is 11.3 Å². The van der Waals surface area contributed by atoms with Crippen molar-refractivity contribution in [2.45, 2.75) is 32.9 Å². The van der Waals surface area contributed by atoms with E-state index in [2.05, 4.69) is 60.3 Å². The van der Waals surface area contributed by atoms with Crippen molar-refractivity contribution in [1.82, 2.24) is 19.7 Å². The molecule has 6 heteroatoms. The van der Waals surface area contributed by atoms with Crippen molar-refractivity contribution in [3.63, 3.8) is 0 Å². The Morgan fingerprint density at radius 1 is 1.06 bits per heavy atom. The number of aromatic nitrogens is 3. The van der Waals surface area contributed by atoms with E-state index in [1.54, 1.807) is 11.9 Å². The van der Waals surface area contributed by atoms with Gasteiger partial charge in [0.05, 0.1) is 12.7 Å². The summed E-state index contributed by atoms with van der Waals surface area (Å²) in [6.07, 6.45) is 3.80. The van der Waals surface area contributed by atoms with Crippen molar-refractivity contribution in [2.75, 3.05) is 7.05 Å². The van der Waals surface area contributed by atoms with E-state index in [9.17, 15) is 4.79 Å². The predicted octanol–water partition coefficient (Wildman–Crippen LogP) is 5.45. The quantitative estimate of drug-likeness (QED) is 0.392. The molecule has 0 spiro atoms. The average Bonchev–Trinajstić information content (AvgIpc) is 3.44. The number of hydrogen-bond donors (Lipinski definition) is 0. The summed E-state index contributed by atoms with van der Waals surface area (Å²) in [6, 6.07) is 18.6. The van der Waals surface area contributed by atoms with E-state index in [1.807, 2.05) is 40.7 Å². The van der Waals surface area contributed by atoms with Crippen LogP contribution in [0.2, 0.25) is 0 Å². The molecule has 2 heterocycles. The fraction of sp³-hybridized carbons (Fsp3) is 0.240. The lowest BCUT2D eigenvalue weighted by Crippen LogP contribution is -2.26. The minimum atomic E-state index is -0.0860. The number of carbonyl (C=O) groups excluding carboxylic acids is 1. The van der Waals surface area contributed by atoms with Crippen LogP contribution in [0, 0.1) is 0 Å². The second-order valence-electron chi connectivity index (χ2n) is 8.01. The first-order valence-electron chi connectivity index (χ1n) is 10.4. The van der Waals surface area contributed by atoms with Gasteiger partial charge in [-0.2, -0.15) is 5.10 Å². The molecule has 0 fully saturated rings. The highest BCUT2D eigenvalue weighted by atomic mass is 32.1. The van der Waals surface area contributed by atoms with Crippen molar-refractivity contribution in [3.05, 3.63) is 94.8 Å². The van der Waals surface area contributed by atoms with Gasteiger partial charge in [-0.1, -0.05) is 68.4 Å². The molecule has 0 N–H and O–H groups in total. The van der Waals surface area contributed by atoms with Crippen LogP contribution in [0.25, 0.3) is 10.6 Å². The average molecular weight is 431 g/mol. The largest absolute Gasteiger partial charge is 0.336 e. The van der Waals surface area contributed by atoms with E-state index in [0.29, 0.717) is 24.7 Å². The van der Waals surface area contributed by atoms with Gasteiger partial charge < -0.3 is 4.90 Å². The topological polar surface area (TPSA) is 51.0 Å². The lowest BCUT2D eigenvalue weighted by Gasteiger charge is -2.14. The van der Waals surface area contributed by atoms with Crippen LogP contribution in [0.3, 0.4) is 0 Å². The summed E-state index contributed by atoms with van der Waals surface area (Å²) in [6.45, 7) is 5.56. The van der Waals surface area contributed by atoms with Gasteiger partial charge in [-0.25, -0.2) is 4.98 Å². The molecule has 0 unspecified atom stereocenters. The van der Waals surface area contributed by atoms with Crippen LogP contribution in [0.15, 0.2) is 72.4 Å². The third kappa shape index (κ3) is 5.09. The van der Waals surface area contributed by atoms with Crippen molar-refractivity contribution >= 4 is 17.2 Å². The Morgan fingerprint density at radius 2 is 1.81 bits per heavy atom. The first-order chi connectivity index (χ1) is 15.0. The van der Waals surface area contributed by atoms with Crippen molar-refractivity contribution in [1.29, 1.82) is 0 Å². The molecule has 4 rings (SSSR count). The monoisotopic (exact) mass is 430 g/mol. The summed E-state index contributed by atoms with van der Waals surface area (Å²) in [5.74, 6) is 0.408. The van der Waals surface area contributed by atoms with E-state index < -0.39 is 0 Å². The fourth-order valence-corrected chi connectivity index (χ4v) is 4.20. The van der Waals surface area contributed by atoms with Crippen LogP contribution in [0.4, 0.5) is 0 Å². The summed E-state index contributed by atoms with van der Waals surface area (Å²) in [7, 11) is 1.80. The molecule has 5 nitrogen and oxygen atoms in total. The molecule has 158 valence electrons. The summed E-state index contributed by atoms with van der Waals surface area (Å²) in [5, 5.41) is 7.13. The first-order valence-corrected chi connectivity index (χ1v) is 11.2. The maximum absolute atomic E-state index is 12.9. The molecule has 31 heavy (non-hydrogen) atoms. The van der Waals surface area contributed by atoms with Crippen LogP contribution in [-0.4, -0.2) is 32.6 Å². The molecule has 4 aromatic rings. The lowest BCUT2D eigenvalue weighted by molar-refractivity contribution is 0.0780. The molecule has 0 atom stereocenters. The molecule has 0 radical (unpaired) electrons. The van der Waals surface area contributed by atoms with E-state index in [-0.39, 0.29) is 5.91 Å². The van der Waals surface area contributed by atoms with Gasteiger partial charge in [0.15, 0.2) is 0 Å². The number of hydrogen-bond acceptors (Lipinski definition) is 4. The molecule has 0 saturated carbocycles. The third-order valence-electron chi connectivity index (χ3n) is 5.19. The number of rotatable bonds is 7. The van der Waals surface area contributed by atoms with Gasteiger partial charge >= 0.3 is 0 Å². The molecule has 0 aliphatic heterocycles. The molecule has 1 amide bonds. The maximum Gasteiger partial charge on any atom is 0.273 e. The first kappa shape index (κ1) is 21.0. The number of carbonyl (C=O) groups is 1. The zero-order valence-corrected chi connectivity index (χ0v) is 18.8. The van der Waals surface area contributed by atoms with Crippen LogP contribution < -0.4 is 0 Å². The van der Waals surface area contributed by atoms with Gasteiger partial charge in [-0.05, 0) is 17.0 Å². The predicted molar refractivity (Wildman–Crippen MR) is 125 cm³/mol. The van der Waals surface area contributed by atoms with E-state index >= 15 is 0 Å². The van der Waals surface area contributed by atoms with Gasteiger partial charge in [0.1, 0.15) is 10.7 Å². The second-order valence-corrected chi connectivity index (χ2v) is 8.87. The molecular formula is C25H26N4OS. The van der Waals surface area contributed by atoms with Gasteiger partial charge in [0, 0.05) is 36.3 Å². The summed E-state index contributed by atoms with van der Waals surface area (Å²) in [4.78, 5) is 19.1. The Kier molecular flexibility index (Phi) is 6.28. The zero-order valence-electron chi connectivity index (χ0n) is 18.0. The summed E-state index contributed by atoms with van der Waals surface area (Å²) < 4.78 is 1.89. The molecule has 0 bridgehead atoms. The van der Waals surface area contributed by atoms with E-state index in [1.165, 1.54) is 22.5 Å². The highest BCUT2D eigenvalue weighted by Crippen LogP contribution is 2.26. The van der Waals surface area contributed by atoms with Gasteiger partial charge in [-0.15, -0.1) is 11.3 Å². The normalized spacial score (nSPS) is 11.1. The Bertz CT molecular complexity index is 1150. The van der Waals surface area contributed by atoms with Crippen LogP contribution in [-0.2, 0) is 13.1 Å². The summed E-state index contributed by atoms with van der Waals surface area (Å²) in [5.41, 5.74) is 5.00. The van der Waals surface area contributed by atoms with Gasteiger partial charge in [0.25, 0.3) is 5.91 Å². The number of benzene rings is 2. The number of nitrogens with zero attached hydrogens (tertiary/aromatic N) is 4. The highest BCUT2D eigenvalue weighted by molar-refractivity contribution is 7.13. The van der Waals surface area contributed by atoms with Gasteiger partial charge in [0.2, 0.25) is 0 Å². The summed E-state index contributed by atoms with van der Waals surface area (Å²) >= 11 is 1.50. The maximum atomic E-state index is 12.9. The van der Waals surface area contributed by atoms with E-state index in [0.717, 1.165) is 16.1 Å². The molecule has 0 aliphatic carbocycles. The fourth-order valence-electron chi connectivity index (χ4n) is 3.40. The Hall–Kier alpha value is -3.25. The van der Waals surface area contributed by atoms with E-state index in [4.69, 9.17) is 0 Å². The lowest BCUT2D eigenvalue weighted by atomic mass is 10.0. The Morgan fingerprint density at radius 3 is 2.52 bits per heavy atom. The number of thiazole rings is 1. The molecule has 0 aliphatic rings. The Labute approximate surface area is 187 Å². The molecule has 2 aromatic carbocycles. The zero-order chi connectivity index (χ0) is 21.8. The second kappa shape index (κ2) is 9.27. The third-order valence-corrected chi connectivity index (χ3v) is 6.08. The van der Waals surface area contributed by atoms with Crippen molar-refractivity contribution < 1.29 is 4.79 Å². The Balaban J connectivity index is 1.40. The minimum Gasteiger partial charge on any atom is -0.336 e. The SMILES string of the molecule is CC(C)c1ccc(-c2nc(C(=O)N(C)Cc3cnn(Cc4ccccc4)c3)cs2)cc1. The minimum absolute atomic E-state index is 0.0860.